The molecule has 0 aliphatic carbocycles. The fourth-order valence-corrected chi connectivity index (χ4v) is 1.48. The molecule has 2 nitrogen and oxygen atoms in total. The van der Waals surface area contributed by atoms with Crippen LogP contribution in [0.15, 0.2) is 42.5 Å². The van der Waals surface area contributed by atoms with Crippen molar-refractivity contribution in [2.75, 3.05) is 6.61 Å². The van der Waals surface area contributed by atoms with Crippen LogP contribution in [0.25, 0.3) is 0 Å². The first kappa shape index (κ1) is 13.1. The van der Waals surface area contributed by atoms with Crippen LogP contribution in [0.1, 0.15) is 10.4 Å². The molecule has 0 spiro atoms. The number of carbonyl (C=O) groups is 1. The van der Waals surface area contributed by atoms with Crippen molar-refractivity contribution in [1.82, 2.24) is 0 Å². The summed E-state index contributed by atoms with van der Waals surface area (Å²) in [4.78, 5) is 11.7. The average Bonchev–Trinajstić information content (AvgIpc) is 2.40. The van der Waals surface area contributed by atoms with E-state index in [1.165, 1.54) is 24.3 Å². The Balaban J connectivity index is 2.04. The van der Waals surface area contributed by atoms with Gasteiger partial charge < -0.3 is 4.74 Å². The molecule has 0 aromatic heterocycles. The Labute approximate surface area is 107 Å². The monoisotopic (exact) mass is 266 g/mol. The second kappa shape index (κ2) is 5.56. The Morgan fingerprint density at radius 1 is 0.947 bits per heavy atom. The summed E-state index contributed by atoms with van der Waals surface area (Å²) in [5.74, 6) is -3.31. The summed E-state index contributed by atoms with van der Waals surface area (Å²) in [5.41, 5.74) is -0.106. The van der Waals surface area contributed by atoms with E-state index < -0.39 is 29.8 Å². The molecule has 0 bridgehead atoms. The van der Waals surface area contributed by atoms with Gasteiger partial charge in [-0.15, -0.1) is 0 Å². The molecule has 0 saturated heterocycles. The Hall–Kier alpha value is -2.30. The van der Waals surface area contributed by atoms with Crippen LogP contribution in [0.4, 0.5) is 13.2 Å². The predicted octanol–water partition coefficient (Wildman–Crippen LogP) is 3.37. The van der Waals surface area contributed by atoms with E-state index >= 15 is 0 Å². The maximum absolute atomic E-state index is 13.3. The van der Waals surface area contributed by atoms with Gasteiger partial charge in [0.25, 0.3) is 0 Å². The molecule has 2 aromatic rings. The second-order valence-corrected chi connectivity index (χ2v) is 3.77. The number of Topliss-reactive ketones (excluding diaryl/α,β-unsaturated/α-hetero) is 1. The third kappa shape index (κ3) is 3.13. The minimum absolute atomic E-state index is 0.00332. The number of benzene rings is 2. The van der Waals surface area contributed by atoms with Crippen molar-refractivity contribution in [3.8, 4) is 5.75 Å². The van der Waals surface area contributed by atoms with Crippen LogP contribution >= 0.6 is 0 Å². The number of ether oxygens (including phenoxy) is 1. The highest BCUT2D eigenvalue weighted by atomic mass is 19.2. The smallest absolute Gasteiger partial charge is 0.203 e. The van der Waals surface area contributed by atoms with Crippen LogP contribution < -0.4 is 4.74 Å². The largest absolute Gasteiger partial charge is 0.485 e. The molecule has 2 rings (SSSR count). The fourth-order valence-electron chi connectivity index (χ4n) is 1.48. The van der Waals surface area contributed by atoms with Crippen molar-refractivity contribution in [1.29, 1.82) is 0 Å². The fraction of sp³-hybridized carbons (Fsp3) is 0.0714. The van der Waals surface area contributed by atoms with E-state index in [0.717, 1.165) is 18.2 Å². The van der Waals surface area contributed by atoms with E-state index in [0.29, 0.717) is 0 Å². The van der Waals surface area contributed by atoms with E-state index in [-0.39, 0.29) is 11.3 Å². The van der Waals surface area contributed by atoms with Crippen molar-refractivity contribution < 1.29 is 22.7 Å². The zero-order chi connectivity index (χ0) is 13.8. The van der Waals surface area contributed by atoms with Crippen molar-refractivity contribution >= 4 is 5.78 Å². The normalized spacial score (nSPS) is 10.3. The van der Waals surface area contributed by atoms with Gasteiger partial charge in [-0.05, 0) is 24.3 Å². The molecule has 0 fully saturated rings. The van der Waals surface area contributed by atoms with Gasteiger partial charge in [0.15, 0.2) is 18.2 Å². The lowest BCUT2D eigenvalue weighted by Gasteiger charge is -2.06. The van der Waals surface area contributed by atoms with Gasteiger partial charge >= 0.3 is 0 Å². The summed E-state index contributed by atoms with van der Waals surface area (Å²) in [6, 6.07) is 8.36. The maximum atomic E-state index is 13.3. The second-order valence-electron chi connectivity index (χ2n) is 3.77. The highest BCUT2D eigenvalue weighted by Gasteiger charge is 2.12. The summed E-state index contributed by atoms with van der Waals surface area (Å²) in [5, 5.41) is 0. The average molecular weight is 266 g/mol. The van der Waals surface area contributed by atoms with E-state index in [4.69, 9.17) is 4.74 Å². The van der Waals surface area contributed by atoms with Crippen molar-refractivity contribution in [3.63, 3.8) is 0 Å². The van der Waals surface area contributed by atoms with E-state index in [1.807, 2.05) is 0 Å². The van der Waals surface area contributed by atoms with Crippen LogP contribution in [-0.2, 0) is 0 Å². The summed E-state index contributed by atoms with van der Waals surface area (Å²) in [6.45, 7) is -0.452. The predicted molar refractivity (Wildman–Crippen MR) is 62.6 cm³/mol. The first-order valence-electron chi connectivity index (χ1n) is 5.43. The number of hydrogen-bond acceptors (Lipinski definition) is 2. The zero-order valence-electron chi connectivity index (χ0n) is 9.70. The molecule has 0 amide bonds. The van der Waals surface area contributed by atoms with Crippen LogP contribution in [-0.4, -0.2) is 12.4 Å². The standard InChI is InChI=1S/C14H9F3O2/c15-11-4-2-1-3-10(11)14(18)8-19-9-5-6-12(16)13(17)7-9/h1-7H,8H2. The SMILES string of the molecule is O=C(COc1ccc(F)c(F)c1)c1ccccc1F. The third-order valence-electron chi connectivity index (χ3n) is 2.44. The summed E-state index contributed by atoms with van der Waals surface area (Å²) < 4.78 is 43.8. The van der Waals surface area contributed by atoms with Gasteiger partial charge in [-0.3, -0.25) is 4.79 Å². The van der Waals surface area contributed by atoms with E-state index in [9.17, 15) is 18.0 Å². The topological polar surface area (TPSA) is 26.3 Å². The molecule has 98 valence electrons. The lowest BCUT2D eigenvalue weighted by atomic mass is 10.1. The highest BCUT2D eigenvalue weighted by Crippen LogP contribution is 2.16. The molecule has 19 heavy (non-hydrogen) atoms. The summed E-state index contributed by atoms with van der Waals surface area (Å²) in [6.07, 6.45) is 0. The highest BCUT2D eigenvalue weighted by molar-refractivity contribution is 5.97. The lowest BCUT2D eigenvalue weighted by Crippen LogP contribution is -2.13. The molecule has 0 radical (unpaired) electrons. The molecule has 2 aromatic carbocycles. The molecular formula is C14H9F3O2. The van der Waals surface area contributed by atoms with E-state index in [1.54, 1.807) is 0 Å². The maximum Gasteiger partial charge on any atom is 0.203 e. The lowest BCUT2D eigenvalue weighted by molar-refractivity contribution is 0.0917. The molecule has 0 unspecified atom stereocenters. The molecule has 0 atom stereocenters. The minimum Gasteiger partial charge on any atom is -0.485 e. The number of rotatable bonds is 4. The zero-order valence-corrected chi connectivity index (χ0v) is 9.70. The van der Waals surface area contributed by atoms with Gasteiger partial charge in [0, 0.05) is 6.07 Å². The molecule has 5 heteroatoms. The van der Waals surface area contributed by atoms with Crippen molar-refractivity contribution in [2.45, 2.75) is 0 Å². The summed E-state index contributed by atoms with van der Waals surface area (Å²) >= 11 is 0. The van der Waals surface area contributed by atoms with E-state index in [2.05, 4.69) is 0 Å². The number of carbonyl (C=O) groups excluding carboxylic acids is 1. The van der Waals surface area contributed by atoms with Gasteiger partial charge in [-0.2, -0.15) is 0 Å². The molecule has 0 aliphatic rings. The van der Waals surface area contributed by atoms with Gasteiger partial charge in [0.1, 0.15) is 11.6 Å². The van der Waals surface area contributed by atoms with Gasteiger partial charge in [0.2, 0.25) is 5.78 Å². The minimum atomic E-state index is -1.07. The molecule has 0 heterocycles. The Morgan fingerprint density at radius 2 is 1.68 bits per heavy atom. The molecule has 0 aliphatic heterocycles. The van der Waals surface area contributed by atoms with Crippen molar-refractivity contribution in [3.05, 3.63) is 65.5 Å². The Bertz CT molecular complexity index is 611. The van der Waals surface area contributed by atoms with Crippen LogP contribution in [0.5, 0.6) is 5.75 Å². The van der Waals surface area contributed by atoms with Crippen molar-refractivity contribution in [2.24, 2.45) is 0 Å². The third-order valence-corrected chi connectivity index (χ3v) is 2.44. The molecular weight excluding hydrogens is 257 g/mol. The number of ketones is 1. The summed E-state index contributed by atoms with van der Waals surface area (Å²) in [7, 11) is 0. The Kier molecular flexibility index (Phi) is 3.85. The molecule has 0 saturated carbocycles. The van der Waals surface area contributed by atoms with Gasteiger partial charge in [0.05, 0.1) is 5.56 Å². The first-order valence-corrected chi connectivity index (χ1v) is 5.43. The van der Waals surface area contributed by atoms with Crippen LogP contribution in [0.2, 0.25) is 0 Å². The van der Waals surface area contributed by atoms with Crippen LogP contribution in [0, 0.1) is 17.5 Å². The first-order chi connectivity index (χ1) is 9.08. The number of hydrogen-bond donors (Lipinski definition) is 0. The Morgan fingerprint density at radius 3 is 2.37 bits per heavy atom. The quantitative estimate of drug-likeness (QED) is 0.793. The van der Waals surface area contributed by atoms with Gasteiger partial charge in [-0.25, -0.2) is 13.2 Å². The van der Waals surface area contributed by atoms with Crippen LogP contribution in [0.3, 0.4) is 0 Å². The number of halogens is 3. The van der Waals surface area contributed by atoms with Gasteiger partial charge in [-0.1, -0.05) is 12.1 Å². The molecule has 0 N–H and O–H groups in total.